The van der Waals surface area contributed by atoms with Gasteiger partial charge < -0.3 is 18.7 Å². The lowest BCUT2D eigenvalue weighted by Crippen LogP contribution is -2.49. The van der Waals surface area contributed by atoms with Crippen LogP contribution in [-0.2, 0) is 21.5 Å². The van der Waals surface area contributed by atoms with Crippen LogP contribution < -0.4 is 0 Å². The Balaban J connectivity index is 1.52. The number of carbonyl (C=O) groups is 1. The summed E-state index contributed by atoms with van der Waals surface area (Å²) < 4.78 is 12.8. The molecule has 0 saturated carbocycles. The number of rotatable bonds is 8. The Morgan fingerprint density at radius 1 is 1.27 bits per heavy atom. The molecule has 9 heteroatoms. The number of hydrogen-bond donors (Lipinski definition) is 0. The van der Waals surface area contributed by atoms with Gasteiger partial charge in [-0.25, -0.2) is 4.98 Å². The number of nitrogens with zero attached hydrogens (tertiary/aromatic N) is 6. The zero-order valence-electron chi connectivity index (χ0n) is 17.1. The predicted octanol–water partition coefficient (Wildman–Crippen LogP) is 2.32. The summed E-state index contributed by atoms with van der Waals surface area (Å²) >= 11 is 0. The number of aromatic nitrogens is 5. The summed E-state index contributed by atoms with van der Waals surface area (Å²) in [5.74, 6) is 1.23. The standard InChI is InChI=1S/C21H26N6O3/c1-29-14-7-21(20-24-19(30-25-20)17-3-8-22-9-4-17)6-2-11-27(15-21)18(28)5-12-26-13-10-23-16-26/h3-4,8-10,13,16H,2,5-7,11-12,14-15H2,1H3. The third-order valence-corrected chi connectivity index (χ3v) is 5.69. The van der Waals surface area contributed by atoms with E-state index in [1.807, 2.05) is 27.8 Å². The molecule has 3 aromatic rings. The SMILES string of the molecule is COCCC1(c2noc(-c3ccncc3)n2)CCCN(C(=O)CCn2ccnc2)C1. The van der Waals surface area contributed by atoms with Crippen LogP contribution in [0, 0.1) is 0 Å². The molecule has 1 aliphatic heterocycles. The van der Waals surface area contributed by atoms with Crippen molar-refractivity contribution in [2.75, 3.05) is 26.8 Å². The summed E-state index contributed by atoms with van der Waals surface area (Å²) in [5.41, 5.74) is 0.447. The topological polar surface area (TPSA) is 99.2 Å². The van der Waals surface area contributed by atoms with Crippen LogP contribution >= 0.6 is 0 Å². The number of aryl methyl sites for hydroxylation is 1. The van der Waals surface area contributed by atoms with Crippen molar-refractivity contribution in [3.63, 3.8) is 0 Å². The van der Waals surface area contributed by atoms with Gasteiger partial charge in [0, 0.05) is 70.1 Å². The van der Waals surface area contributed by atoms with Crippen molar-refractivity contribution >= 4 is 5.91 Å². The Morgan fingerprint density at radius 2 is 2.13 bits per heavy atom. The van der Waals surface area contributed by atoms with Crippen LogP contribution in [0.15, 0.2) is 47.8 Å². The molecule has 0 aromatic carbocycles. The molecule has 3 aromatic heterocycles. The van der Waals surface area contributed by atoms with Crippen LogP contribution in [0.5, 0.6) is 0 Å². The van der Waals surface area contributed by atoms with Gasteiger partial charge >= 0.3 is 0 Å². The van der Waals surface area contributed by atoms with E-state index in [1.165, 1.54) is 0 Å². The minimum atomic E-state index is -0.381. The average molecular weight is 410 g/mol. The van der Waals surface area contributed by atoms with Gasteiger partial charge in [-0.1, -0.05) is 5.16 Å². The van der Waals surface area contributed by atoms with Crippen LogP contribution in [0.2, 0.25) is 0 Å². The van der Waals surface area contributed by atoms with E-state index in [9.17, 15) is 4.79 Å². The number of methoxy groups -OCH3 is 1. The third-order valence-electron chi connectivity index (χ3n) is 5.69. The van der Waals surface area contributed by atoms with Crippen molar-refractivity contribution < 1.29 is 14.1 Å². The van der Waals surface area contributed by atoms with E-state index < -0.39 is 0 Å². The van der Waals surface area contributed by atoms with Crippen molar-refractivity contribution in [3.8, 4) is 11.5 Å². The maximum absolute atomic E-state index is 12.9. The summed E-state index contributed by atoms with van der Waals surface area (Å²) in [6.45, 7) is 2.49. The van der Waals surface area contributed by atoms with E-state index in [0.717, 1.165) is 31.4 Å². The molecule has 4 rings (SSSR count). The third kappa shape index (κ3) is 4.40. The van der Waals surface area contributed by atoms with Crippen molar-refractivity contribution in [1.29, 1.82) is 0 Å². The monoisotopic (exact) mass is 410 g/mol. The fourth-order valence-electron chi connectivity index (χ4n) is 3.99. The molecule has 0 N–H and O–H groups in total. The molecule has 1 aliphatic rings. The Labute approximate surface area is 175 Å². The largest absolute Gasteiger partial charge is 0.385 e. The van der Waals surface area contributed by atoms with E-state index in [2.05, 4.69) is 15.1 Å². The van der Waals surface area contributed by atoms with E-state index in [0.29, 0.717) is 37.8 Å². The molecule has 0 aliphatic carbocycles. The van der Waals surface area contributed by atoms with E-state index in [4.69, 9.17) is 14.2 Å². The zero-order chi connectivity index (χ0) is 20.8. The number of piperidine rings is 1. The number of amides is 1. The van der Waals surface area contributed by atoms with E-state index in [1.54, 1.807) is 32.0 Å². The molecule has 158 valence electrons. The molecule has 1 fully saturated rings. The summed E-state index contributed by atoms with van der Waals surface area (Å²) in [6, 6.07) is 3.68. The number of hydrogen-bond acceptors (Lipinski definition) is 7. The van der Waals surface area contributed by atoms with Crippen LogP contribution in [0.25, 0.3) is 11.5 Å². The molecule has 9 nitrogen and oxygen atoms in total. The second kappa shape index (κ2) is 9.17. The Morgan fingerprint density at radius 3 is 2.90 bits per heavy atom. The second-order valence-corrected chi connectivity index (χ2v) is 7.65. The van der Waals surface area contributed by atoms with Crippen molar-refractivity contribution in [1.82, 2.24) is 29.6 Å². The molecule has 1 atom stereocenters. The quantitative estimate of drug-likeness (QED) is 0.562. The van der Waals surface area contributed by atoms with Gasteiger partial charge in [-0.3, -0.25) is 9.78 Å². The first kappa shape index (κ1) is 20.2. The van der Waals surface area contributed by atoms with E-state index in [-0.39, 0.29) is 11.3 Å². The maximum atomic E-state index is 12.9. The van der Waals surface area contributed by atoms with Gasteiger partial charge in [0.2, 0.25) is 5.91 Å². The van der Waals surface area contributed by atoms with Crippen molar-refractivity contribution in [2.24, 2.45) is 0 Å². The maximum Gasteiger partial charge on any atom is 0.258 e. The Hall–Kier alpha value is -3.07. The van der Waals surface area contributed by atoms with Gasteiger partial charge in [-0.2, -0.15) is 4.98 Å². The van der Waals surface area contributed by atoms with Gasteiger partial charge in [-0.05, 0) is 31.4 Å². The Kier molecular flexibility index (Phi) is 6.18. The lowest BCUT2D eigenvalue weighted by atomic mass is 9.76. The number of imidazole rings is 1. The zero-order valence-corrected chi connectivity index (χ0v) is 17.1. The number of carbonyl (C=O) groups excluding carboxylic acids is 1. The molecular formula is C21H26N6O3. The van der Waals surface area contributed by atoms with Crippen LogP contribution in [-0.4, -0.2) is 62.3 Å². The second-order valence-electron chi connectivity index (χ2n) is 7.65. The highest BCUT2D eigenvalue weighted by Gasteiger charge is 2.42. The summed E-state index contributed by atoms with van der Waals surface area (Å²) in [5, 5.41) is 4.31. The number of pyridine rings is 1. The van der Waals surface area contributed by atoms with Gasteiger partial charge in [0.05, 0.1) is 11.7 Å². The smallest absolute Gasteiger partial charge is 0.258 e. The summed E-state index contributed by atoms with van der Waals surface area (Å²) in [6.07, 6.45) is 11.6. The van der Waals surface area contributed by atoms with Gasteiger partial charge in [-0.15, -0.1) is 0 Å². The minimum Gasteiger partial charge on any atom is -0.385 e. The highest BCUT2D eigenvalue weighted by molar-refractivity contribution is 5.76. The Bertz CT molecular complexity index is 943. The highest BCUT2D eigenvalue weighted by Crippen LogP contribution is 2.37. The first-order valence-electron chi connectivity index (χ1n) is 10.2. The first-order valence-corrected chi connectivity index (χ1v) is 10.2. The fourth-order valence-corrected chi connectivity index (χ4v) is 3.99. The van der Waals surface area contributed by atoms with Gasteiger partial charge in [0.25, 0.3) is 5.89 Å². The fraction of sp³-hybridized carbons (Fsp3) is 0.476. The lowest BCUT2D eigenvalue weighted by Gasteiger charge is -2.41. The molecule has 1 saturated heterocycles. The first-order chi connectivity index (χ1) is 14.7. The highest BCUT2D eigenvalue weighted by atomic mass is 16.5. The average Bonchev–Trinajstić information content (AvgIpc) is 3.49. The molecule has 1 amide bonds. The summed E-state index contributed by atoms with van der Waals surface area (Å²) in [7, 11) is 1.68. The molecule has 0 spiro atoms. The molecule has 0 radical (unpaired) electrons. The van der Waals surface area contributed by atoms with Crippen molar-refractivity contribution in [2.45, 2.75) is 37.6 Å². The summed E-state index contributed by atoms with van der Waals surface area (Å²) in [4.78, 5) is 27.6. The van der Waals surface area contributed by atoms with Crippen LogP contribution in [0.3, 0.4) is 0 Å². The van der Waals surface area contributed by atoms with Crippen LogP contribution in [0.4, 0.5) is 0 Å². The number of likely N-dealkylation sites (tertiary alicyclic amines) is 1. The molecule has 1 unspecified atom stereocenters. The van der Waals surface area contributed by atoms with Crippen LogP contribution in [0.1, 0.15) is 31.5 Å². The lowest BCUT2D eigenvalue weighted by molar-refractivity contribution is -0.134. The molecule has 0 bridgehead atoms. The molecule has 4 heterocycles. The van der Waals surface area contributed by atoms with Gasteiger partial charge in [0.15, 0.2) is 5.82 Å². The van der Waals surface area contributed by atoms with Crippen molar-refractivity contribution in [3.05, 3.63) is 49.1 Å². The molecule has 30 heavy (non-hydrogen) atoms. The normalized spacial score (nSPS) is 19.2. The van der Waals surface area contributed by atoms with E-state index >= 15 is 0 Å². The number of ether oxygens (including phenoxy) is 1. The van der Waals surface area contributed by atoms with Gasteiger partial charge in [0.1, 0.15) is 0 Å². The predicted molar refractivity (Wildman–Crippen MR) is 108 cm³/mol. The molecular weight excluding hydrogens is 384 g/mol. The minimum absolute atomic E-state index is 0.128.